The van der Waals surface area contributed by atoms with Crippen molar-refractivity contribution < 1.29 is 4.79 Å². The molecular formula is C12H15N3O. The molecule has 0 radical (unpaired) electrons. The van der Waals surface area contributed by atoms with Crippen molar-refractivity contribution in [3.63, 3.8) is 0 Å². The number of hydrogen-bond acceptors (Lipinski definition) is 2. The molecule has 2 aromatic rings. The molecule has 0 unspecified atom stereocenters. The highest BCUT2D eigenvalue weighted by atomic mass is 16.1. The van der Waals surface area contributed by atoms with Crippen molar-refractivity contribution in [1.82, 2.24) is 14.1 Å². The number of rotatable bonds is 4. The Morgan fingerprint density at radius 1 is 1.38 bits per heavy atom. The van der Waals surface area contributed by atoms with E-state index in [1.807, 2.05) is 36.1 Å². The monoisotopic (exact) mass is 217 g/mol. The fourth-order valence-electron chi connectivity index (χ4n) is 1.65. The molecule has 0 aromatic carbocycles. The zero-order valence-corrected chi connectivity index (χ0v) is 9.55. The molecule has 0 aliphatic carbocycles. The lowest BCUT2D eigenvalue weighted by Gasteiger charge is -2.05. The summed E-state index contributed by atoms with van der Waals surface area (Å²) < 4.78 is 4.11. The fraction of sp³-hybridized carbons (Fsp3) is 0.333. The minimum Gasteiger partial charge on any atom is -0.352 e. The van der Waals surface area contributed by atoms with Crippen LogP contribution in [0.15, 0.2) is 30.9 Å². The first-order valence-corrected chi connectivity index (χ1v) is 5.31. The molecular weight excluding hydrogens is 202 g/mol. The zero-order chi connectivity index (χ0) is 11.5. The van der Waals surface area contributed by atoms with Crippen LogP contribution in [0.4, 0.5) is 0 Å². The average Bonchev–Trinajstić information content (AvgIpc) is 2.83. The van der Waals surface area contributed by atoms with Crippen LogP contribution in [0.1, 0.15) is 23.1 Å². The van der Waals surface area contributed by atoms with E-state index in [1.54, 1.807) is 13.1 Å². The lowest BCUT2D eigenvalue weighted by atomic mass is 10.2. The number of imidazole rings is 1. The quantitative estimate of drug-likeness (QED) is 0.734. The number of nitrogens with zero attached hydrogens (tertiary/aromatic N) is 3. The van der Waals surface area contributed by atoms with Crippen LogP contribution < -0.4 is 0 Å². The molecule has 2 rings (SSSR count). The van der Waals surface area contributed by atoms with Gasteiger partial charge in [0.2, 0.25) is 0 Å². The summed E-state index contributed by atoms with van der Waals surface area (Å²) in [5, 5.41) is 0. The van der Waals surface area contributed by atoms with Gasteiger partial charge in [0.05, 0.1) is 0 Å². The van der Waals surface area contributed by atoms with Crippen LogP contribution in [-0.4, -0.2) is 19.9 Å². The Balaban J connectivity index is 2.00. The predicted molar refractivity (Wildman–Crippen MR) is 61.4 cm³/mol. The van der Waals surface area contributed by atoms with Gasteiger partial charge in [-0.15, -0.1) is 0 Å². The van der Waals surface area contributed by atoms with Crippen LogP contribution >= 0.6 is 0 Å². The third kappa shape index (κ3) is 2.21. The van der Waals surface area contributed by atoms with Crippen LogP contribution in [0.5, 0.6) is 0 Å². The van der Waals surface area contributed by atoms with E-state index in [4.69, 9.17) is 0 Å². The summed E-state index contributed by atoms with van der Waals surface area (Å²) in [6.45, 7) is 5.29. The SMILES string of the molecule is CC(=O)c1ccn(CCn2ccnc2C)c1. The smallest absolute Gasteiger partial charge is 0.161 e. The Labute approximate surface area is 94.5 Å². The topological polar surface area (TPSA) is 39.8 Å². The zero-order valence-electron chi connectivity index (χ0n) is 9.55. The maximum absolute atomic E-state index is 11.1. The number of carbonyl (C=O) groups is 1. The molecule has 0 amide bonds. The van der Waals surface area contributed by atoms with Gasteiger partial charge in [0, 0.05) is 43.4 Å². The predicted octanol–water partition coefficient (Wildman–Crippen LogP) is 1.90. The highest BCUT2D eigenvalue weighted by Crippen LogP contribution is 2.03. The summed E-state index contributed by atoms with van der Waals surface area (Å²) in [6, 6.07) is 1.85. The maximum Gasteiger partial charge on any atom is 0.161 e. The van der Waals surface area contributed by atoms with Crippen molar-refractivity contribution in [2.24, 2.45) is 0 Å². The fourth-order valence-corrected chi connectivity index (χ4v) is 1.65. The largest absolute Gasteiger partial charge is 0.352 e. The normalized spacial score (nSPS) is 10.6. The van der Waals surface area contributed by atoms with Gasteiger partial charge in [-0.1, -0.05) is 0 Å². The number of carbonyl (C=O) groups excluding carboxylic acids is 1. The molecule has 2 heterocycles. The highest BCUT2D eigenvalue weighted by molar-refractivity contribution is 5.93. The molecule has 16 heavy (non-hydrogen) atoms. The highest BCUT2D eigenvalue weighted by Gasteiger charge is 2.02. The Hall–Kier alpha value is -1.84. The average molecular weight is 217 g/mol. The second-order valence-corrected chi connectivity index (χ2v) is 3.86. The Morgan fingerprint density at radius 2 is 2.19 bits per heavy atom. The van der Waals surface area contributed by atoms with Gasteiger partial charge in [0.25, 0.3) is 0 Å². The summed E-state index contributed by atoms with van der Waals surface area (Å²) >= 11 is 0. The van der Waals surface area contributed by atoms with Crippen LogP contribution in [-0.2, 0) is 13.1 Å². The van der Waals surface area contributed by atoms with E-state index in [0.29, 0.717) is 0 Å². The molecule has 0 N–H and O–H groups in total. The summed E-state index contributed by atoms with van der Waals surface area (Å²) in [6.07, 6.45) is 7.58. The first kappa shape index (κ1) is 10.7. The van der Waals surface area contributed by atoms with E-state index in [0.717, 1.165) is 24.5 Å². The molecule has 0 saturated carbocycles. The minimum atomic E-state index is 0.109. The number of Topliss-reactive ketones (excluding diaryl/α,β-unsaturated/α-hetero) is 1. The minimum absolute atomic E-state index is 0.109. The number of aromatic nitrogens is 3. The van der Waals surface area contributed by atoms with Gasteiger partial charge in [-0.3, -0.25) is 4.79 Å². The third-order valence-electron chi connectivity index (χ3n) is 2.68. The van der Waals surface area contributed by atoms with Crippen LogP contribution in [0.2, 0.25) is 0 Å². The second-order valence-electron chi connectivity index (χ2n) is 3.86. The molecule has 0 aliphatic rings. The van der Waals surface area contributed by atoms with Gasteiger partial charge < -0.3 is 9.13 Å². The van der Waals surface area contributed by atoms with Crippen molar-refractivity contribution in [3.8, 4) is 0 Å². The van der Waals surface area contributed by atoms with Crippen molar-refractivity contribution in [1.29, 1.82) is 0 Å². The second kappa shape index (κ2) is 4.35. The van der Waals surface area contributed by atoms with E-state index < -0.39 is 0 Å². The Kier molecular flexibility index (Phi) is 2.90. The summed E-state index contributed by atoms with van der Waals surface area (Å²) in [5.41, 5.74) is 0.766. The number of aryl methyl sites for hydroxylation is 3. The third-order valence-corrected chi connectivity index (χ3v) is 2.68. The van der Waals surface area contributed by atoms with E-state index in [-0.39, 0.29) is 5.78 Å². The first-order chi connectivity index (χ1) is 7.66. The van der Waals surface area contributed by atoms with Gasteiger partial charge >= 0.3 is 0 Å². The molecule has 2 aromatic heterocycles. The van der Waals surface area contributed by atoms with E-state index in [2.05, 4.69) is 9.55 Å². The van der Waals surface area contributed by atoms with Crippen molar-refractivity contribution in [3.05, 3.63) is 42.2 Å². The number of hydrogen-bond donors (Lipinski definition) is 0. The van der Waals surface area contributed by atoms with Crippen molar-refractivity contribution >= 4 is 5.78 Å². The molecule has 4 nitrogen and oxygen atoms in total. The maximum atomic E-state index is 11.1. The Morgan fingerprint density at radius 3 is 2.75 bits per heavy atom. The lowest BCUT2D eigenvalue weighted by Crippen LogP contribution is -2.06. The molecule has 0 bridgehead atoms. The van der Waals surface area contributed by atoms with Gasteiger partial charge in [0.1, 0.15) is 5.82 Å². The Bertz CT molecular complexity index is 496. The van der Waals surface area contributed by atoms with Gasteiger partial charge in [-0.25, -0.2) is 4.98 Å². The van der Waals surface area contributed by atoms with Gasteiger partial charge in [0.15, 0.2) is 5.78 Å². The summed E-state index contributed by atoms with van der Waals surface area (Å²) in [7, 11) is 0. The number of ketones is 1. The molecule has 0 aliphatic heterocycles. The molecule has 84 valence electrons. The van der Waals surface area contributed by atoms with Gasteiger partial charge in [-0.05, 0) is 19.9 Å². The standard InChI is InChI=1S/C12H15N3O/c1-10(16)12-3-5-14(9-12)7-8-15-6-4-13-11(15)2/h3-6,9H,7-8H2,1-2H3. The van der Waals surface area contributed by atoms with Crippen LogP contribution in [0, 0.1) is 6.92 Å². The summed E-state index contributed by atoms with van der Waals surface area (Å²) in [4.78, 5) is 15.3. The van der Waals surface area contributed by atoms with Crippen molar-refractivity contribution in [2.75, 3.05) is 0 Å². The van der Waals surface area contributed by atoms with Crippen LogP contribution in [0.25, 0.3) is 0 Å². The van der Waals surface area contributed by atoms with E-state index >= 15 is 0 Å². The molecule has 0 saturated heterocycles. The van der Waals surface area contributed by atoms with E-state index in [9.17, 15) is 4.79 Å². The molecule has 0 spiro atoms. The van der Waals surface area contributed by atoms with Crippen LogP contribution in [0.3, 0.4) is 0 Å². The lowest BCUT2D eigenvalue weighted by molar-refractivity contribution is 0.101. The van der Waals surface area contributed by atoms with E-state index in [1.165, 1.54) is 0 Å². The van der Waals surface area contributed by atoms with Crippen molar-refractivity contribution in [2.45, 2.75) is 26.9 Å². The first-order valence-electron chi connectivity index (χ1n) is 5.31. The molecule has 4 heteroatoms. The molecule has 0 fully saturated rings. The summed E-state index contributed by atoms with van der Waals surface area (Å²) in [5.74, 6) is 1.12. The van der Waals surface area contributed by atoms with Gasteiger partial charge in [-0.2, -0.15) is 0 Å². The molecule has 0 atom stereocenters.